The topological polar surface area (TPSA) is 27.0 Å². The van der Waals surface area contributed by atoms with Crippen molar-refractivity contribution in [1.82, 2.24) is 4.90 Å². The lowest BCUT2D eigenvalue weighted by molar-refractivity contribution is 0.0890. The Morgan fingerprint density at radius 1 is 1.25 bits per heavy atom. The molecule has 86 valence electrons. The minimum atomic E-state index is 0.251. The Balaban J connectivity index is 0.000000606. The highest BCUT2D eigenvalue weighted by Gasteiger charge is 2.30. The van der Waals surface area contributed by atoms with Gasteiger partial charge < -0.3 is 0 Å². The van der Waals surface area contributed by atoms with Crippen molar-refractivity contribution in [3.8, 4) is 6.07 Å². The zero-order valence-corrected chi connectivity index (χ0v) is 10.4. The van der Waals surface area contributed by atoms with Crippen LogP contribution in [0, 0.1) is 17.2 Å². The molecule has 0 N–H and O–H groups in total. The van der Waals surface area contributed by atoms with Gasteiger partial charge in [-0.1, -0.05) is 44.2 Å². The van der Waals surface area contributed by atoms with Crippen molar-refractivity contribution in [2.45, 2.75) is 26.8 Å². The Morgan fingerprint density at radius 3 is 2.31 bits per heavy atom. The molecule has 2 nitrogen and oxygen atoms in total. The molecule has 1 atom stereocenters. The maximum absolute atomic E-state index is 8.68. The van der Waals surface area contributed by atoms with Crippen LogP contribution in [0.15, 0.2) is 30.3 Å². The molecule has 1 aromatic rings. The fraction of sp³-hybridized carbons (Fsp3) is 0.500. The Bertz CT molecular complexity index is 334. The van der Waals surface area contributed by atoms with Gasteiger partial charge in [0, 0.05) is 19.1 Å². The summed E-state index contributed by atoms with van der Waals surface area (Å²) in [5.74, 6) is 0.251. The number of hydrogen-bond acceptors (Lipinski definition) is 2. The molecule has 1 aromatic carbocycles. The molecule has 0 aromatic heterocycles. The predicted molar refractivity (Wildman–Crippen MR) is 66.9 cm³/mol. The monoisotopic (exact) mass is 216 g/mol. The third-order valence-corrected chi connectivity index (χ3v) is 2.92. The maximum atomic E-state index is 8.68. The van der Waals surface area contributed by atoms with Gasteiger partial charge in [-0.05, 0) is 12.5 Å². The van der Waals surface area contributed by atoms with Crippen LogP contribution < -0.4 is 0 Å². The second kappa shape index (κ2) is 6.30. The lowest BCUT2D eigenvalue weighted by Crippen LogP contribution is -2.46. The fourth-order valence-corrected chi connectivity index (χ4v) is 1.85. The molecular weight excluding hydrogens is 196 g/mol. The van der Waals surface area contributed by atoms with Gasteiger partial charge in [-0.25, -0.2) is 0 Å². The quantitative estimate of drug-likeness (QED) is 0.759. The second-order valence-corrected chi connectivity index (χ2v) is 3.87. The van der Waals surface area contributed by atoms with Gasteiger partial charge in [0.15, 0.2) is 0 Å². The predicted octanol–water partition coefficient (Wildman–Crippen LogP) is 3.23. The minimum Gasteiger partial charge on any atom is -0.294 e. The SMILES string of the molecule is CC.CC(c1ccccc1)N1CC(C#N)C1. The summed E-state index contributed by atoms with van der Waals surface area (Å²) < 4.78 is 0. The molecule has 1 saturated heterocycles. The van der Waals surface area contributed by atoms with E-state index in [9.17, 15) is 0 Å². The molecule has 2 rings (SSSR count). The van der Waals surface area contributed by atoms with E-state index < -0.39 is 0 Å². The lowest BCUT2D eigenvalue weighted by Gasteiger charge is -2.40. The summed E-state index contributed by atoms with van der Waals surface area (Å²) in [6.07, 6.45) is 0. The first-order valence-electron chi connectivity index (χ1n) is 6.00. The highest BCUT2D eigenvalue weighted by molar-refractivity contribution is 5.19. The second-order valence-electron chi connectivity index (χ2n) is 3.87. The van der Waals surface area contributed by atoms with Gasteiger partial charge in [0.05, 0.1) is 12.0 Å². The first-order valence-corrected chi connectivity index (χ1v) is 6.00. The van der Waals surface area contributed by atoms with Crippen LogP contribution in [-0.4, -0.2) is 18.0 Å². The lowest BCUT2D eigenvalue weighted by atomic mass is 9.96. The summed E-state index contributed by atoms with van der Waals surface area (Å²) >= 11 is 0. The standard InChI is InChI=1S/C12H14N2.C2H6/c1-10(12-5-3-2-4-6-12)14-8-11(7-13)9-14;1-2/h2-6,10-11H,8-9H2,1H3;1-2H3. The van der Waals surface area contributed by atoms with E-state index in [2.05, 4.69) is 42.2 Å². The summed E-state index contributed by atoms with van der Waals surface area (Å²) in [6.45, 7) is 8.04. The van der Waals surface area contributed by atoms with Crippen LogP contribution in [0.4, 0.5) is 0 Å². The number of rotatable bonds is 2. The summed E-state index contributed by atoms with van der Waals surface area (Å²) in [7, 11) is 0. The van der Waals surface area contributed by atoms with E-state index in [4.69, 9.17) is 5.26 Å². The van der Waals surface area contributed by atoms with Crippen molar-refractivity contribution in [3.63, 3.8) is 0 Å². The van der Waals surface area contributed by atoms with E-state index >= 15 is 0 Å². The Labute approximate surface area is 98.5 Å². The number of benzene rings is 1. The molecular formula is C14H20N2. The van der Waals surface area contributed by atoms with Crippen molar-refractivity contribution >= 4 is 0 Å². The number of likely N-dealkylation sites (tertiary alicyclic amines) is 1. The van der Waals surface area contributed by atoms with E-state index in [1.807, 2.05) is 19.9 Å². The van der Waals surface area contributed by atoms with Crippen LogP contribution in [0.2, 0.25) is 0 Å². The molecule has 1 aliphatic heterocycles. The van der Waals surface area contributed by atoms with Gasteiger partial charge in [0.1, 0.15) is 0 Å². The number of nitrogens with zero attached hydrogens (tertiary/aromatic N) is 2. The van der Waals surface area contributed by atoms with E-state index in [0.717, 1.165) is 13.1 Å². The van der Waals surface area contributed by atoms with E-state index in [1.165, 1.54) is 5.56 Å². The Hall–Kier alpha value is -1.33. The summed E-state index contributed by atoms with van der Waals surface area (Å²) in [5, 5.41) is 8.68. The molecule has 0 amide bonds. The smallest absolute Gasteiger partial charge is 0.0717 e. The van der Waals surface area contributed by atoms with Crippen LogP contribution in [0.3, 0.4) is 0 Å². The van der Waals surface area contributed by atoms with Crippen LogP contribution in [0.1, 0.15) is 32.4 Å². The molecule has 1 heterocycles. The van der Waals surface area contributed by atoms with E-state index in [0.29, 0.717) is 6.04 Å². The average Bonchev–Trinajstić information content (AvgIpc) is 2.31. The largest absolute Gasteiger partial charge is 0.294 e. The van der Waals surface area contributed by atoms with Crippen LogP contribution >= 0.6 is 0 Å². The highest BCUT2D eigenvalue weighted by atomic mass is 15.2. The summed E-state index contributed by atoms with van der Waals surface area (Å²) in [5.41, 5.74) is 1.34. The number of hydrogen-bond donors (Lipinski definition) is 0. The molecule has 1 unspecified atom stereocenters. The molecule has 0 aliphatic carbocycles. The molecule has 1 fully saturated rings. The van der Waals surface area contributed by atoms with Crippen molar-refractivity contribution in [2.75, 3.05) is 13.1 Å². The van der Waals surface area contributed by atoms with Gasteiger partial charge in [0.25, 0.3) is 0 Å². The molecule has 0 radical (unpaired) electrons. The van der Waals surface area contributed by atoms with Gasteiger partial charge >= 0.3 is 0 Å². The van der Waals surface area contributed by atoms with Crippen LogP contribution in [0.5, 0.6) is 0 Å². The third-order valence-electron chi connectivity index (χ3n) is 2.92. The van der Waals surface area contributed by atoms with Crippen molar-refractivity contribution in [2.24, 2.45) is 5.92 Å². The van der Waals surface area contributed by atoms with Gasteiger partial charge in [-0.3, -0.25) is 4.90 Å². The van der Waals surface area contributed by atoms with Crippen LogP contribution in [-0.2, 0) is 0 Å². The van der Waals surface area contributed by atoms with E-state index in [1.54, 1.807) is 0 Å². The van der Waals surface area contributed by atoms with E-state index in [-0.39, 0.29) is 5.92 Å². The van der Waals surface area contributed by atoms with Crippen molar-refractivity contribution in [3.05, 3.63) is 35.9 Å². The molecule has 2 heteroatoms. The van der Waals surface area contributed by atoms with Gasteiger partial charge in [-0.2, -0.15) is 5.26 Å². The third kappa shape index (κ3) is 2.84. The Morgan fingerprint density at radius 2 is 1.81 bits per heavy atom. The maximum Gasteiger partial charge on any atom is 0.0717 e. The Kier molecular flexibility index (Phi) is 5.01. The summed E-state index contributed by atoms with van der Waals surface area (Å²) in [6, 6.07) is 13.2. The first kappa shape index (κ1) is 12.7. The number of nitriles is 1. The molecule has 16 heavy (non-hydrogen) atoms. The molecule has 0 bridgehead atoms. The normalized spacial score (nSPS) is 17.6. The minimum absolute atomic E-state index is 0.251. The highest BCUT2D eigenvalue weighted by Crippen LogP contribution is 2.27. The molecule has 0 saturated carbocycles. The van der Waals surface area contributed by atoms with Crippen molar-refractivity contribution < 1.29 is 0 Å². The van der Waals surface area contributed by atoms with Crippen molar-refractivity contribution in [1.29, 1.82) is 5.26 Å². The summed E-state index contributed by atoms with van der Waals surface area (Å²) in [4.78, 5) is 2.34. The molecule has 1 aliphatic rings. The average molecular weight is 216 g/mol. The van der Waals surface area contributed by atoms with Gasteiger partial charge in [0.2, 0.25) is 0 Å². The fourth-order valence-electron chi connectivity index (χ4n) is 1.85. The zero-order valence-electron chi connectivity index (χ0n) is 10.4. The first-order chi connectivity index (χ1) is 7.81. The zero-order chi connectivity index (χ0) is 12.0. The van der Waals surface area contributed by atoms with Gasteiger partial charge in [-0.15, -0.1) is 0 Å². The van der Waals surface area contributed by atoms with Crippen LogP contribution in [0.25, 0.3) is 0 Å². The molecule has 0 spiro atoms.